The molecule has 3 aromatic rings. The maximum Gasteiger partial charge on any atom is 0.343 e. The van der Waals surface area contributed by atoms with Crippen molar-refractivity contribution in [3.8, 4) is 10.6 Å². The Morgan fingerprint density at radius 3 is 2.91 bits per heavy atom. The van der Waals surface area contributed by atoms with Gasteiger partial charge in [0.1, 0.15) is 5.01 Å². The van der Waals surface area contributed by atoms with Gasteiger partial charge >= 0.3 is 5.69 Å². The van der Waals surface area contributed by atoms with Gasteiger partial charge in [-0.1, -0.05) is 49.0 Å². The average Bonchev–Trinajstić information content (AvgIpc) is 3.15. The second-order valence-electron chi connectivity index (χ2n) is 4.76. The lowest BCUT2D eigenvalue weighted by Crippen LogP contribution is -2.17. The van der Waals surface area contributed by atoms with Gasteiger partial charge in [-0.25, -0.2) is 14.9 Å². The number of nitrogens with zero attached hydrogens (tertiary/aromatic N) is 3. The molecule has 0 amide bonds. The van der Waals surface area contributed by atoms with Crippen LogP contribution in [-0.2, 0) is 12.3 Å². The van der Waals surface area contributed by atoms with E-state index in [0.29, 0.717) is 12.3 Å². The molecular formula is C15H16N4OS2. The van der Waals surface area contributed by atoms with Crippen LogP contribution in [0.1, 0.15) is 19.0 Å². The molecule has 22 heavy (non-hydrogen) atoms. The number of benzene rings is 1. The molecule has 7 heteroatoms. The van der Waals surface area contributed by atoms with Gasteiger partial charge in [-0.3, -0.25) is 4.57 Å². The summed E-state index contributed by atoms with van der Waals surface area (Å²) in [6.07, 6.45) is 0.905. The van der Waals surface area contributed by atoms with Crippen molar-refractivity contribution in [3.05, 3.63) is 51.9 Å². The quantitative estimate of drug-likeness (QED) is 0.703. The zero-order valence-electron chi connectivity index (χ0n) is 12.2. The first kappa shape index (κ1) is 15.1. The summed E-state index contributed by atoms with van der Waals surface area (Å²) in [4.78, 5) is 16.3. The molecule has 2 aromatic heterocycles. The number of rotatable bonds is 6. The third kappa shape index (κ3) is 3.31. The molecule has 0 aliphatic carbocycles. The van der Waals surface area contributed by atoms with Crippen molar-refractivity contribution in [3.63, 3.8) is 0 Å². The fourth-order valence-corrected chi connectivity index (χ4v) is 3.86. The molecule has 0 radical (unpaired) electrons. The predicted molar refractivity (Wildman–Crippen MR) is 90.2 cm³/mol. The van der Waals surface area contributed by atoms with Gasteiger partial charge in [-0.2, -0.15) is 0 Å². The van der Waals surface area contributed by atoms with E-state index >= 15 is 0 Å². The van der Waals surface area contributed by atoms with E-state index in [9.17, 15) is 4.79 Å². The van der Waals surface area contributed by atoms with Gasteiger partial charge in [-0.15, -0.1) is 16.4 Å². The van der Waals surface area contributed by atoms with Gasteiger partial charge in [0.25, 0.3) is 0 Å². The van der Waals surface area contributed by atoms with Crippen molar-refractivity contribution < 1.29 is 0 Å². The first-order chi connectivity index (χ1) is 10.8. The second-order valence-corrected chi connectivity index (χ2v) is 6.56. The summed E-state index contributed by atoms with van der Waals surface area (Å²) in [6, 6.07) is 10.1. The Morgan fingerprint density at radius 1 is 1.32 bits per heavy atom. The van der Waals surface area contributed by atoms with E-state index in [-0.39, 0.29) is 5.69 Å². The minimum absolute atomic E-state index is 0.146. The molecule has 1 N–H and O–H groups in total. The van der Waals surface area contributed by atoms with Gasteiger partial charge < -0.3 is 0 Å². The molecule has 0 saturated carbocycles. The molecule has 0 aliphatic heterocycles. The van der Waals surface area contributed by atoms with Gasteiger partial charge in [0.05, 0.1) is 5.69 Å². The van der Waals surface area contributed by atoms with E-state index in [1.54, 1.807) is 15.9 Å². The van der Waals surface area contributed by atoms with Crippen LogP contribution in [0.25, 0.3) is 10.6 Å². The van der Waals surface area contributed by atoms with Gasteiger partial charge in [0, 0.05) is 23.2 Å². The minimum atomic E-state index is -0.146. The number of aromatic nitrogens is 4. The molecule has 3 rings (SSSR count). The van der Waals surface area contributed by atoms with E-state index in [2.05, 4.69) is 32.7 Å². The van der Waals surface area contributed by atoms with Crippen LogP contribution < -0.4 is 5.69 Å². The fourth-order valence-electron chi connectivity index (χ4n) is 2.06. The van der Waals surface area contributed by atoms with Crippen LogP contribution in [0, 0.1) is 0 Å². The van der Waals surface area contributed by atoms with Crippen molar-refractivity contribution in [1.82, 2.24) is 19.7 Å². The zero-order valence-corrected chi connectivity index (χ0v) is 13.8. The highest BCUT2D eigenvalue weighted by Gasteiger charge is 2.10. The molecule has 5 nitrogen and oxygen atoms in total. The molecule has 0 saturated heterocycles. The minimum Gasteiger partial charge on any atom is -0.270 e. The summed E-state index contributed by atoms with van der Waals surface area (Å²) in [6.45, 7) is 2.73. The van der Waals surface area contributed by atoms with Crippen molar-refractivity contribution >= 4 is 23.1 Å². The topological polar surface area (TPSA) is 63.6 Å². The van der Waals surface area contributed by atoms with Crippen molar-refractivity contribution in [2.24, 2.45) is 0 Å². The van der Waals surface area contributed by atoms with Crippen LogP contribution in [0.2, 0.25) is 0 Å². The highest BCUT2D eigenvalue weighted by Crippen LogP contribution is 2.26. The van der Waals surface area contributed by atoms with Crippen LogP contribution in [0.5, 0.6) is 0 Å². The van der Waals surface area contributed by atoms with Gasteiger partial charge in [0.15, 0.2) is 5.16 Å². The maximum absolute atomic E-state index is 11.6. The smallest absolute Gasteiger partial charge is 0.270 e. The number of nitrogens with one attached hydrogen (secondary N) is 1. The molecule has 0 aliphatic rings. The van der Waals surface area contributed by atoms with E-state index in [4.69, 9.17) is 0 Å². The number of thioether (sulfide) groups is 1. The lowest BCUT2D eigenvalue weighted by molar-refractivity contribution is 0.604. The molecule has 0 spiro atoms. The molecule has 114 valence electrons. The standard InChI is InChI=1S/C15H16N4OS2/c1-2-8-19-14(20)17-18-15(19)22-10-12-9-21-13(16-12)11-6-4-3-5-7-11/h3-7,9H,2,8,10H2,1H3,(H,17,20). The van der Waals surface area contributed by atoms with Crippen LogP contribution in [-0.4, -0.2) is 19.7 Å². The Hall–Kier alpha value is -1.86. The summed E-state index contributed by atoms with van der Waals surface area (Å²) in [5, 5.41) is 10.4. The Morgan fingerprint density at radius 2 is 2.14 bits per heavy atom. The largest absolute Gasteiger partial charge is 0.343 e. The summed E-state index contributed by atoms with van der Waals surface area (Å²) in [5.41, 5.74) is 1.99. The van der Waals surface area contributed by atoms with Crippen molar-refractivity contribution in [1.29, 1.82) is 0 Å². The Balaban J connectivity index is 1.70. The maximum atomic E-state index is 11.6. The summed E-state index contributed by atoms with van der Waals surface area (Å²) in [5.74, 6) is 0.706. The van der Waals surface area contributed by atoms with E-state index in [0.717, 1.165) is 27.8 Å². The van der Waals surface area contributed by atoms with E-state index in [1.807, 2.05) is 25.1 Å². The Labute approximate surface area is 136 Å². The zero-order chi connectivity index (χ0) is 15.4. The summed E-state index contributed by atoms with van der Waals surface area (Å²) >= 11 is 3.17. The van der Waals surface area contributed by atoms with Gasteiger partial charge in [0.2, 0.25) is 0 Å². The third-order valence-corrected chi connectivity index (χ3v) is 5.04. The Kier molecular flexibility index (Phi) is 4.74. The molecular weight excluding hydrogens is 316 g/mol. The van der Waals surface area contributed by atoms with E-state index in [1.165, 1.54) is 11.8 Å². The van der Waals surface area contributed by atoms with Gasteiger partial charge in [-0.05, 0) is 6.42 Å². The lowest BCUT2D eigenvalue weighted by atomic mass is 10.2. The first-order valence-electron chi connectivity index (χ1n) is 7.05. The highest BCUT2D eigenvalue weighted by molar-refractivity contribution is 7.98. The molecule has 2 heterocycles. The summed E-state index contributed by atoms with van der Waals surface area (Å²) in [7, 11) is 0. The van der Waals surface area contributed by atoms with Crippen LogP contribution >= 0.6 is 23.1 Å². The van der Waals surface area contributed by atoms with Crippen molar-refractivity contribution in [2.75, 3.05) is 0 Å². The number of hydrogen-bond acceptors (Lipinski definition) is 5. The first-order valence-corrected chi connectivity index (χ1v) is 8.92. The second kappa shape index (κ2) is 6.93. The van der Waals surface area contributed by atoms with Crippen LogP contribution in [0.15, 0.2) is 45.7 Å². The number of hydrogen-bond donors (Lipinski definition) is 1. The number of thiazole rings is 1. The molecule has 1 aromatic carbocycles. The van der Waals surface area contributed by atoms with Crippen LogP contribution in [0.3, 0.4) is 0 Å². The monoisotopic (exact) mass is 332 g/mol. The third-order valence-electron chi connectivity index (χ3n) is 3.09. The van der Waals surface area contributed by atoms with Crippen molar-refractivity contribution in [2.45, 2.75) is 30.8 Å². The Bertz CT molecular complexity index is 791. The number of aromatic amines is 1. The molecule has 0 fully saturated rings. The average molecular weight is 332 g/mol. The highest BCUT2D eigenvalue weighted by atomic mass is 32.2. The SMILES string of the molecule is CCCn1c(SCc2csc(-c3ccccc3)n2)n[nH]c1=O. The normalized spacial score (nSPS) is 11.0. The summed E-state index contributed by atoms with van der Waals surface area (Å²) < 4.78 is 1.68. The molecule has 0 atom stereocenters. The molecule has 0 unspecified atom stereocenters. The number of H-pyrrole nitrogens is 1. The van der Waals surface area contributed by atoms with Crippen LogP contribution in [0.4, 0.5) is 0 Å². The predicted octanol–water partition coefficient (Wildman–Crippen LogP) is 3.40. The van der Waals surface area contributed by atoms with E-state index < -0.39 is 0 Å². The molecule has 0 bridgehead atoms. The fraction of sp³-hybridized carbons (Fsp3) is 0.267. The lowest BCUT2D eigenvalue weighted by Gasteiger charge is -2.02.